The van der Waals surface area contributed by atoms with Gasteiger partial charge in [-0.2, -0.15) is 0 Å². The first-order valence-corrected chi connectivity index (χ1v) is 6.22. The highest BCUT2D eigenvalue weighted by Crippen LogP contribution is 2.28. The van der Waals surface area contributed by atoms with Gasteiger partial charge in [0.2, 0.25) is 0 Å². The Morgan fingerprint density at radius 1 is 1.25 bits per heavy atom. The Kier molecular flexibility index (Phi) is 4.20. The quantitative estimate of drug-likeness (QED) is 0.668. The second-order valence-corrected chi connectivity index (χ2v) is 4.43. The number of ether oxygens (including phenoxy) is 1. The zero-order valence-corrected chi connectivity index (χ0v) is 11.4. The molecule has 0 unspecified atom stereocenters. The molecule has 20 heavy (non-hydrogen) atoms. The summed E-state index contributed by atoms with van der Waals surface area (Å²) in [5.74, 6) is 0.273. The Hall–Kier alpha value is -2.56. The van der Waals surface area contributed by atoms with Gasteiger partial charge in [0, 0.05) is 18.3 Å². The van der Waals surface area contributed by atoms with E-state index in [2.05, 4.69) is 5.32 Å². The molecule has 0 aliphatic carbocycles. The van der Waals surface area contributed by atoms with E-state index in [4.69, 9.17) is 4.74 Å². The van der Waals surface area contributed by atoms with Crippen molar-refractivity contribution in [2.24, 2.45) is 0 Å². The molecule has 2 rings (SSSR count). The fraction of sp³-hybridized carbons (Fsp3) is 0.200. The molecule has 0 amide bonds. The van der Waals surface area contributed by atoms with E-state index in [1.165, 1.54) is 13.2 Å². The van der Waals surface area contributed by atoms with Gasteiger partial charge in [-0.05, 0) is 30.2 Å². The molecule has 0 saturated heterocycles. The van der Waals surface area contributed by atoms with Crippen molar-refractivity contribution in [2.45, 2.75) is 13.5 Å². The van der Waals surface area contributed by atoms with Crippen LogP contribution in [0.2, 0.25) is 0 Å². The molecule has 0 bridgehead atoms. The Morgan fingerprint density at radius 2 is 2.00 bits per heavy atom. The first kappa shape index (κ1) is 13.9. The third-order valence-electron chi connectivity index (χ3n) is 3.07. The van der Waals surface area contributed by atoms with E-state index in [0.717, 1.165) is 16.8 Å². The summed E-state index contributed by atoms with van der Waals surface area (Å²) in [5.41, 5.74) is 2.97. The first-order valence-electron chi connectivity index (χ1n) is 6.22. The molecule has 0 atom stereocenters. The number of nitrogens with one attached hydrogen (secondary N) is 1. The fourth-order valence-corrected chi connectivity index (χ4v) is 1.96. The zero-order chi connectivity index (χ0) is 14.5. The maximum atomic E-state index is 11.0. The number of anilines is 1. The molecular formula is C15H16N2O3. The van der Waals surface area contributed by atoms with Crippen molar-refractivity contribution in [2.75, 3.05) is 12.4 Å². The number of para-hydroxylation sites is 1. The molecule has 5 nitrogen and oxygen atoms in total. The third-order valence-corrected chi connectivity index (χ3v) is 3.07. The largest absolute Gasteiger partial charge is 0.490 e. The van der Waals surface area contributed by atoms with Crippen LogP contribution in [0, 0.1) is 17.0 Å². The average molecular weight is 272 g/mol. The topological polar surface area (TPSA) is 64.4 Å². The van der Waals surface area contributed by atoms with E-state index in [0.29, 0.717) is 6.54 Å². The van der Waals surface area contributed by atoms with E-state index in [1.54, 1.807) is 6.07 Å². The Labute approximate surface area is 117 Å². The van der Waals surface area contributed by atoms with E-state index in [9.17, 15) is 10.1 Å². The van der Waals surface area contributed by atoms with Crippen molar-refractivity contribution in [1.82, 2.24) is 0 Å². The molecule has 0 saturated carbocycles. The highest BCUT2D eigenvalue weighted by atomic mass is 16.6. The molecule has 0 aliphatic rings. The molecule has 0 fully saturated rings. The van der Waals surface area contributed by atoms with Crippen LogP contribution in [0.1, 0.15) is 11.1 Å². The number of benzene rings is 2. The van der Waals surface area contributed by atoms with Gasteiger partial charge in [-0.25, -0.2) is 0 Å². The van der Waals surface area contributed by atoms with Crippen LogP contribution >= 0.6 is 0 Å². The molecule has 2 aromatic rings. The Balaban J connectivity index is 2.16. The number of hydrogen-bond donors (Lipinski definition) is 1. The van der Waals surface area contributed by atoms with Crippen molar-refractivity contribution in [3.63, 3.8) is 0 Å². The summed E-state index contributed by atoms with van der Waals surface area (Å²) in [6.07, 6.45) is 0. The van der Waals surface area contributed by atoms with Crippen molar-refractivity contribution in [3.8, 4) is 5.75 Å². The monoisotopic (exact) mass is 272 g/mol. The lowest BCUT2D eigenvalue weighted by atomic mass is 10.1. The van der Waals surface area contributed by atoms with Gasteiger partial charge in [0.15, 0.2) is 5.75 Å². The summed E-state index contributed by atoms with van der Waals surface area (Å²) in [7, 11) is 1.42. The van der Waals surface area contributed by atoms with Gasteiger partial charge in [-0.1, -0.05) is 24.3 Å². The maximum Gasteiger partial charge on any atom is 0.311 e. The molecule has 0 radical (unpaired) electrons. The summed E-state index contributed by atoms with van der Waals surface area (Å²) in [5, 5.41) is 14.2. The number of nitro benzene ring substituents is 1. The highest BCUT2D eigenvalue weighted by molar-refractivity contribution is 5.52. The number of methoxy groups -OCH3 is 1. The highest BCUT2D eigenvalue weighted by Gasteiger charge is 2.14. The molecule has 0 aliphatic heterocycles. The predicted octanol–water partition coefficient (Wildman–Crippen LogP) is 3.52. The van der Waals surface area contributed by atoms with E-state index in [1.807, 2.05) is 37.3 Å². The molecule has 0 aromatic heterocycles. The van der Waals surface area contributed by atoms with E-state index in [-0.39, 0.29) is 11.4 Å². The van der Waals surface area contributed by atoms with Gasteiger partial charge in [0.1, 0.15) is 0 Å². The summed E-state index contributed by atoms with van der Waals surface area (Å²) in [4.78, 5) is 10.5. The van der Waals surface area contributed by atoms with E-state index >= 15 is 0 Å². The van der Waals surface area contributed by atoms with Crippen molar-refractivity contribution in [1.29, 1.82) is 0 Å². The predicted molar refractivity (Wildman–Crippen MR) is 78.2 cm³/mol. The normalized spacial score (nSPS) is 10.1. The number of aryl methyl sites for hydroxylation is 1. The van der Waals surface area contributed by atoms with Crippen LogP contribution < -0.4 is 10.1 Å². The van der Waals surface area contributed by atoms with E-state index < -0.39 is 4.92 Å². The van der Waals surface area contributed by atoms with Crippen LogP contribution in [0.25, 0.3) is 0 Å². The number of hydrogen-bond acceptors (Lipinski definition) is 4. The van der Waals surface area contributed by atoms with Crippen LogP contribution in [0.3, 0.4) is 0 Å². The summed E-state index contributed by atoms with van der Waals surface area (Å²) >= 11 is 0. The molecule has 0 spiro atoms. The van der Waals surface area contributed by atoms with Gasteiger partial charge in [0.25, 0.3) is 0 Å². The van der Waals surface area contributed by atoms with Crippen LogP contribution in [0.15, 0.2) is 42.5 Å². The minimum Gasteiger partial charge on any atom is -0.490 e. The molecule has 1 N–H and O–H groups in total. The van der Waals surface area contributed by atoms with Crippen LogP contribution in [-0.4, -0.2) is 12.0 Å². The first-order chi connectivity index (χ1) is 9.61. The zero-order valence-electron chi connectivity index (χ0n) is 11.4. The minimum atomic E-state index is -0.434. The number of nitrogens with zero attached hydrogens (tertiary/aromatic N) is 1. The van der Waals surface area contributed by atoms with Crippen LogP contribution in [-0.2, 0) is 6.54 Å². The molecular weight excluding hydrogens is 256 g/mol. The average Bonchev–Trinajstić information content (AvgIpc) is 2.46. The van der Waals surface area contributed by atoms with Gasteiger partial charge >= 0.3 is 5.69 Å². The lowest BCUT2D eigenvalue weighted by molar-refractivity contribution is -0.385. The summed E-state index contributed by atoms with van der Waals surface area (Å²) in [6, 6.07) is 12.9. The second kappa shape index (κ2) is 6.06. The van der Waals surface area contributed by atoms with Crippen LogP contribution in [0.4, 0.5) is 11.4 Å². The SMILES string of the molecule is COc1ccc(CNc2ccccc2C)cc1[N+](=O)[O-]. The Morgan fingerprint density at radius 3 is 2.65 bits per heavy atom. The van der Waals surface area contributed by atoms with Crippen molar-refractivity contribution >= 4 is 11.4 Å². The lowest BCUT2D eigenvalue weighted by Gasteiger charge is -2.10. The van der Waals surface area contributed by atoms with Gasteiger partial charge in [0.05, 0.1) is 12.0 Å². The third kappa shape index (κ3) is 3.06. The summed E-state index contributed by atoms with van der Waals surface area (Å²) in [6.45, 7) is 2.54. The van der Waals surface area contributed by atoms with Gasteiger partial charge < -0.3 is 10.1 Å². The minimum absolute atomic E-state index is 0.0171. The number of rotatable bonds is 5. The second-order valence-electron chi connectivity index (χ2n) is 4.43. The molecule has 104 valence electrons. The smallest absolute Gasteiger partial charge is 0.311 e. The summed E-state index contributed by atoms with van der Waals surface area (Å²) < 4.78 is 4.98. The number of nitro groups is 1. The molecule has 2 aromatic carbocycles. The Bertz CT molecular complexity index is 626. The maximum absolute atomic E-state index is 11.0. The lowest BCUT2D eigenvalue weighted by Crippen LogP contribution is -2.02. The standard InChI is InChI=1S/C15H16N2O3/c1-11-5-3-4-6-13(11)16-10-12-7-8-15(20-2)14(9-12)17(18)19/h3-9,16H,10H2,1-2H3. The fourth-order valence-electron chi connectivity index (χ4n) is 1.96. The van der Waals surface area contributed by atoms with Crippen molar-refractivity contribution in [3.05, 3.63) is 63.7 Å². The van der Waals surface area contributed by atoms with Crippen LogP contribution in [0.5, 0.6) is 5.75 Å². The molecule has 5 heteroatoms. The van der Waals surface area contributed by atoms with Gasteiger partial charge in [-0.15, -0.1) is 0 Å². The van der Waals surface area contributed by atoms with Gasteiger partial charge in [-0.3, -0.25) is 10.1 Å². The molecule has 0 heterocycles. The van der Waals surface area contributed by atoms with Crippen molar-refractivity contribution < 1.29 is 9.66 Å².